The molecule has 3 rings (SSSR count). The summed E-state index contributed by atoms with van der Waals surface area (Å²) in [6, 6.07) is 29.0. The van der Waals surface area contributed by atoms with Crippen molar-refractivity contribution in [2.24, 2.45) is 0 Å². The Hall–Kier alpha value is -2.39. The molecular weight excluding hydrogens is 340 g/mol. The standard InChI is InChI=1S/C23H23O2S/c1-19(20-11-5-2-6-12-20)23(21-13-7-3-8-14-21)17-18-26(24,25)22-15-9-4-10-16-22/h2-16,19H,17-18H2,1H3. The highest BCUT2D eigenvalue weighted by molar-refractivity contribution is 7.91. The van der Waals surface area contributed by atoms with Gasteiger partial charge in [0.15, 0.2) is 9.84 Å². The summed E-state index contributed by atoms with van der Waals surface area (Å²) >= 11 is 0. The summed E-state index contributed by atoms with van der Waals surface area (Å²) in [6.45, 7) is 2.15. The topological polar surface area (TPSA) is 34.1 Å². The highest BCUT2D eigenvalue weighted by Crippen LogP contribution is 2.35. The molecule has 133 valence electrons. The summed E-state index contributed by atoms with van der Waals surface area (Å²) in [5.74, 6) is 1.42. The Morgan fingerprint density at radius 1 is 0.769 bits per heavy atom. The maximum absolute atomic E-state index is 12.7. The zero-order valence-electron chi connectivity index (χ0n) is 14.9. The molecule has 0 amide bonds. The van der Waals surface area contributed by atoms with Crippen molar-refractivity contribution in [3.8, 4) is 0 Å². The molecule has 0 N–H and O–H groups in total. The number of hydrogen-bond acceptors (Lipinski definition) is 2. The number of rotatable bonds is 7. The van der Waals surface area contributed by atoms with E-state index in [1.54, 1.807) is 24.3 Å². The van der Waals surface area contributed by atoms with Gasteiger partial charge in [0.1, 0.15) is 0 Å². The molecule has 3 aromatic carbocycles. The van der Waals surface area contributed by atoms with Gasteiger partial charge >= 0.3 is 0 Å². The van der Waals surface area contributed by atoms with Crippen LogP contribution in [0.5, 0.6) is 0 Å². The maximum atomic E-state index is 12.7. The van der Waals surface area contributed by atoms with Gasteiger partial charge in [-0.05, 0) is 35.6 Å². The van der Waals surface area contributed by atoms with Crippen LogP contribution in [0.3, 0.4) is 0 Å². The fraction of sp³-hybridized carbons (Fsp3) is 0.174. The van der Waals surface area contributed by atoms with Crippen LogP contribution in [0.4, 0.5) is 0 Å². The highest BCUT2D eigenvalue weighted by Gasteiger charge is 2.24. The monoisotopic (exact) mass is 363 g/mol. The lowest BCUT2D eigenvalue weighted by molar-refractivity contribution is 0.592. The molecule has 0 aliphatic heterocycles. The molecule has 3 aromatic rings. The SMILES string of the molecule is CC([C](CCS(=O)(=O)c1ccccc1)c1ccccc1)c1ccccc1. The Morgan fingerprint density at radius 3 is 1.85 bits per heavy atom. The van der Waals surface area contributed by atoms with E-state index in [0.29, 0.717) is 11.3 Å². The van der Waals surface area contributed by atoms with E-state index in [1.807, 2.05) is 42.5 Å². The van der Waals surface area contributed by atoms with Gasteiger partial charge in [0.05, 0.1) is 10.6 Å². The summed E-state index contributed by atoms with van der Waals surface area (Å²) in [7, 11) is -3.30. The molecule has 0 bridgehead atoms. The Bertz CT molecular complexity index is 904. The van der Waals surface area contributed by atoms with Crippen molar-refractivity contribution in [1.29, 1.82) is 0 Å². The third-order valence-corrected chi connectivity index (χ3v) is 6.44. The van der Waals surface area contributed by atoms with Crippen LogP contribution in [0.15, 0.2) is 95.9 Å². The molecule has 0 aromatic heterocycles. The molecule has 0 spiro atoms. The summed E-state index contributed by atoms with van der Waals surface area (Å²) in [5.41, 5.74) is 2.30. The Kier molecular flexibility index (Phi) is 5.89. The fourth-order valence-electron chi connectivity index (χ4n) is 3.20. The van der Waals surface area contributed by atoms with Crippen LogP contribution in [0.2, 0.25) is 0 Å². The molecule has 1 unspecified atom stereocenters. The van der Waals surface area contributed by atoms with Crippen LogP contribution in [0.25, 0.3) is 0 Å². The minimum Gasteiger partial charge on any atom is -0.224 e. The van der Waals surface area contributed by atoms with Crippen LogP contribution < -0.4 is 0 Å². The number of benzene rings is 3. The maximum Gasteiger partial charge on any atom is 0.178 e. The van der Waals surface area contributed by atoms with E-state index < -0.39 is 9.84 Å². The molecule has 1 radical (unpaired) electrons. The van der Waals surface area contributed by atoms with Crippen molar-refractivity contribution in [1.82, 2.24) is 0 Å². The van der Waals surface area contributed by atoms with E-state index >= 15 is 0 Å². The highest BCUT2D eigenvalue weighted by atomic mass is 32.2. The third-order valence-electron chi connectivity index (χ3n) is 4.71. The Labute approximate surface area is 156 Å². The third kappa shape index (κ3) is 4.41. The zero-order chi connectivity index (χ0) is 18.4. The van der Waals surface area contributed by atoms with Crippen LogP contribution in [-0.4, -0.2) is 14.2 Å². The van der Waals surface area contributed by atoms with E-state index in [2.05, 4.69) is 31.2 Å². The second-order valence-corrected chi connectivity index (χ2v) is 8.51. The van der Waals surface area contributed by atoms with Gasteiger partial charge in [-0.1, -0.05) is 85.8 Å². The van der Waals surface area contributed by atoms with Crippen molar-refractivity contribution in [3.63, 3.8) is 0 Å². The van der Waals surface area contributed by atoms with Gasteiger partial charge in [-0.3, -0.25) is 0 Å². The lowest BCUT2D eigenvalue weighted by Gasteiger charge is -2.24. The van der Waals surface area contributed by atoms with Gasteiger partial charge in [0.25, 0.3) is 0 Å². The molecule has 1 atom stereocenters. The molecule has 0 heterocycles. The second-order valence-electron chi connectivity index (χ2n) is 6.41. The Balaban J connectivity index is 1.85. The lowest BCUT2D eigenvalue weighted by Crippen LogP contribution is -2.16. The van der Waals surface area contributed by atoms with E-state index in [-0.39, 0.29) is 11.7 Å². The Morgan fingerprint density at radius 2 is 1.27 bits per heavy atom. The molecule has 26 heavy (non-hydrogen) atoms. The fourth-order valence-corrected chi connectivity index (χ4v) is 4.49. The summed E-state index contributed by atoms with van der Waals surface area (Å²) in [4.78, 5) is 0.389. The quantitative estimate of drug-likeness (QED) is 0.572. The number of hydrogen-bond donors (Lipinski definition) is 0. The largest absolute Gasteiger partial charge is 0.224 e. The van der Waals surface area contributed by atoms with E-state index in [4.69, 9.17) is 0 Å². The predicted molar refractivity (Wildman–Crippen MR) is 107 cm³/mol. The first kappa shape index (κ1) is 18.4. The van der Waals surface area contributed by atoms with Crippen LogP contribution in [0.1, 0.15) is 30.4 Å². The van der Waals surface area contributed by atoms with Gasteiger partial charge < -0.3 is 0 Å². The van der Waals surface area contributed by atoms with E-state index in [0.717, 1.165) is 11.5 Å². The molecule has 0 fully saturated rings. The first-order valence-electron chi connectivity index (χ1n) is 8.82. The first-order valence-corrected chi connectivity index (χ1v) is 10.5. The van der Waals surface area contributed by atoms with Crippen molar-refractivity contribution in [3.05, 3.63) is 108 Å². The van der Waals surface area contributed by atoms with Gasteiger partial charge in [-0.25, -0.2) is 8.42 Å². The van der Waals surface area contributed by atoms with Crippen LogP contribution in [0, 0.1) is 5.92 Å². The lowest BCUT2D eigenvalue weighted by atomic mass is 9.81. The molecule has 3 heteroatoms. The molecule has 2 nitrogen and oxygen atoms in total. The summed E-state index contributed by atoms with van der Waals surface area (Å²) < 4.78 is 25.4. The summed E-state index contributed by atoms with van der Waals surface area (Å²) in [6.07, 6.45) is 0.511. The van der Waals surface area contributed by atoms with Crippen molar-refractivity contribution < 1.29 is 8.42 Å². The van der Waals surface area contributed by atoms with Crippen molar-refractivity contribution in [2.75, 3.05) is 5.75 Å². The second kappa shape index (κ2) is 8.33. The molecular formula is C23H23O2S. The van der Waals surface area contributed by atoms with Gasteiger partial charge in [0, 0.05) is 5.92 Å². The zero-order valence-corrected chi connectivity index (χ0v) is 15.7. The number of sulfone groups is 1. The normalized spacial score (nSPS) is 12.8. The van der Waals surface area contributed by atoms with E-state index in [9.17, 15) is 8.42 Å². The first-order chi connectivity index (χ1) is 12.6. The molecule has 0 saturated heterocycles. The van der Waals surface area contributed by atoms with Crippen molar-refractivity contribution >= 4 is 9.84 Å². The molecule has 0 saturated carbocycles. The van der Waals surface area contributed by atoms with Gasteiger partial charge in [-0.15, -0.1) is 0 Å². The van der Waals surface area contributed by atoms with Crippen molar-refractivity contribution in [2.45, 2.75) is 24.2 Å². The van der Waals surface area contributed by atoms with Gasteiger partial charge in [-0.2, -0.15) is 0 Å². The smallest absolute Gasteiger partial charge is 0.178 e. The average Bonchev–Trinajstić information content (AvgIpc) is 2.70. The minimum absolute atomic E-state index is 0.110. The minimum atomic E-state index is -3.30. The van der Waals surface area contributed by atoms with Crippen LogP contribution in [-0.2, 0) is 9.84 Å². The van der Waals surface area contributed by atoms with Crippen LogP contribution >= 0.6 is 0 Å². The van der Waals surface area contributed by atoms with E-state index in [1.165, 1.54) is 5.56 Å². The average molecular weight is 364 g/mol. The molecule has 0 aliphatic rings. The molecule has 0 aliphatic carbocycles. The summed E-state index contributed by atoms with van der Waals surface area (Å²) in [5, 5.41) is 0. The van der Waals surface area contributed by atoms with Gasteiger partial charge in [0.2, 0.25) is 0 Å². The predicted octanol–water partition coefficient (Wildman–Crippen LogP) is 5.28.